The number of anilines is 1. The van der Waals surface area contributed by atoms with E-state index < -0.39 is 11.8 Å². The van der Waals surface area contributed by atoms with Gasteiger partial charge in [0.1, 0.15) is 0 Å². The minimum atomic E-state index is -0.930. The molecule has 13 heavy (non-hydrogen) atoms. The Balaban J connectivity index is 2.89. The lowest BCUT2D eigenvalue weighted by atomic mass is 10.3. The monoisotopic (exact) mass is 184 g/mol. The van der Waals surface area contributed by atoms with E-state index in [4.69, 9.17) is 5.11 Å². The summed E-state index contributed by atoms with van der Waals surface area (Å²) >= 11 is 0. The summed E-state index contributed by atoms with van der Waals surface area (Å²) in [5.74, 6) is 3.78. The first-order valence-electron chi connectivity index (χ1n) is 3.34. The third kappa shape index (κ3) is 2.00. The van der Waals surface area contributed by atoms with Crippen LogP contribution in [0.4, 0.5) is 10.5 Å². The third-order valence-corrected chi connectivity index (χ3v) is 1.36. The van der Waals surface area contributed by atoms with Gasteiger partial charge in [-0.2, -0.15) is 5.90 Å². The van der Waals surface area contributed by atoms with Gasteiger partial charge in [0.15, 0.2) is 11.5 Å². The van der Waals surface area contributed by atoms with Gasteiger partial charge in [0, 0.05) is 0 Å². The molecule has 1 aromatic carbocycles. The SMILES string of the molecule is NOC(=O)Nc1cccc(O)c1O. The molecule has 5 N–H and O–H groups in total. The van der Waals surface area contributed by atoms with Crippen LogP contribution in [-0.4, -0.2) is 16.3 Å². The second-order valence-corrected chi connectivity index (χ2v) is 2.20. The van der Waals surface area contributed by atoms with E-state index in [1.54, 1.807) is 0 Å². The van der Waals surface area contributed by atoms with E-state index in [2.05, 4.69) is 16.1 Å². The van der Waals surface area contributed by atoms with E-state index in [0.717, 1.165) is 0 Å². The average molecular weight is 184 g/mol. The van der Waals surface area contributed by atoms with Crippen molar-refractivity contribution >= 4 is 11.8 Å². The van der Waals surface area contributed by atoms with Gasteiger partial charge in [-0.3, -0.25) is 5.32 Å². The molecule has 0 aliphatic carbocycles. The van der Waals surface area contributed by atoms with Crippen molar-refractivity contribution in [1.82, 2.24) is 0 Å². The number of rotatable bonds is 1. The number of carbonyl (C=O) groups is 1. The number of hydrogen-bond donors (Lipinski definition) is 4. The first kappa shape index (κ1) is 9.14. The molecule has 6 heteroatoms. The normalized spacial score (nSPS) is 9.31. The smallest absolute Gasteiger partial charge is 0.430 e. The summed E-state index contributed by atoms with van der Waals surface area (Å²) in [5, 5.41) is 20.3. The molecule has 0 bridgehead atoms. The van der Waals surface area contributed by atoms with E-state index in [1.807, 2.05) is 0 Å². The van der Waals surface area contributed by atoms with Crippen LogP contribution in [0.3, 0.4) is 0 Å². The minimum absolute atomic E-state index is 0.0236. The van der Waals surface area contributed by atoms with Crippen LogP contribution in [-0.2, 0) is 4.84 Å². The lowest BCUT2D eigenvalue weighted by Gasteiger charge is -2.05. The van der Waals surface area contributed by atoms with Crippen LogP contribution >= 0.6 is 0 Å². The van der Waals surface area contributed by atoms with Gasteiger partial charge in [0.25, 0.3) is 0 Å². The molecule has 0 atom stereocenters. The number of para-hydroxylation sites is 1. The maximum atomic E-state index is 10.6. The quantitative estimate of drug-likeness (QED) is 0.376. The van der Waals surface area contributed by atoms with Crippen LogP contribution in [0.25, 0.3) is 0 Å². The standard InChI is InChI=1S/C7H8N2O4/c8-13-7(12)9-4-2-1-3-5(10)6(4)11/h1-3,10-11H,8H2,(H,9,12). The maximum Gasteiger partial charge on any atom is 0.430 e. The lowest BCUT2D eigenvalue weighted by molar-refractivity contribution is 0.163. The lowest BCUT2D eigenvalue weighted by Crippen LogP contribution is -2.17. The Morgan fingerprint density at radius 2 is 2.15 bits per heavy atom. The number of amides is 1. The van der Waals surface area contributed by atoms with Gasteiger partial charge in [-0.15, -0.1) is 0 Å². The second-order valence-electron chi connectivity index (χ2n) is 2.20. The van der Waals surface area contributed by atoms with Crippen molar-refractivity contribution < 1.29 is 19.8 Å². The predicted molar refractivity (Wildman–Crippen MR) is 44.1 cm³/mol. The van der Waals surface area contributed by atoms with E-state index in [0.29, 0.717) is 0 Å². The van der Waals surface area contributed by atoms with Gasteiger partial charge in [0.05, 0.1) is 5.69 Å². The Hall–Kier alpha value is -1.95. The molecule has 0 aromatic heterocycles. The summed E-state index contributed by atoms with van der Waals surface area (Å²) in [6.45, 7) is 0. The summed E-state index contributed by atoms with van der Waals surface area (Å²) < 4.78 is 0. The molecule has 0 radical (unpaired) electrons. The summed E-state index contributed by atoms with van der Waals surface area (Å²) in [6, 6.07) is 4.10. The first-order valence-corrected chi connectivity index (χ1v) is 3.34. The molecule has 0 saturated heterocycles. The van der Waals surface area contributed by atoms with E-state index in [-0.39, 0.29) is 11.4 Å². The van der Waals surface area contributed by atoms with Crippen LogP contribution < -0.4 is 11.2 Å². The highest BCUT2D eigenvalue weighted by Crippen LogP contribution is 2.32. The zero-order valence-corrected chi connectivity index (χ0v) is 6.52. The highest BCUT2D eigenvalue weighted by Gasteiger charge is 2.08. The van der Waals surface area contributed by atoms with Crippen molar-refractivity contribution in [3.05, 3.63) is 18.2 Å². The number of nitrogens with two attached hydrogens (primary N) is 1. The Labute approximate surface area is 73.5 Å². The van der Waals surface area contributed by atoms with Crippen LogP contribution in [0.15, 0.2) is 18.2 Å². The van der Waals surface area contributed by atoms with Crippen molar-refractivity contribution in [3.63, 3.8) is 0 Å². The fourth-order valence-electron chi connectivity index (χ4n) is 0.772. The Bertz CT molecular complexity index is 326. The van der Waals surface area contributed by atoms with E-state index in [9.17, 15) is 9.90 Å². The number of aromatic hydroxyl groups is 2. The summed E-state index contributed by atoms with van der Waals surface area (Å²) in [4.78, 5) is 14.4. The molecule has 1 aromatic rings. The molecule has 0 saturated carbocycles. The van der Waals surface area contributed by atoms with Gasteiger partial charge in [-0.1, -0.05) is 6.07 Å². The minimum Gasteiger partial charge on any atom is -0.504 e. The van der Waals surface area contributed by atoms with Gasteiger partial charge in [-0.05, 0) is 12.1 Å². The van der Waals surface area contributed by atoms with E-state index >= 15 is 0 Å². The number of benzene rings is 1. The molecule has 0 unspecified atom stereocenters. The highest BCUT2D eigenvalue weighted by molar-refractivity contribution is 5.87. The molecule has 70 valence electrons. The topological polar surface area (TPSA) is 105 Å². The molecule has 0 spiro atoms. The van der Waals surface area contributed by atoms with Crippen molar-refractivity contribution in [1.29, 1.82) is 0 Å². The van der Waals surface area contributed by atoms with Crippen molar-refractivity contribution in [2.24, 2.45) is 5.90 Å². The molecule has 6 nitrogen and oxygen atoms in total. The summed E-state index contributed by atoms with van der Waals surface area (Å²) in [7, 11) is 0. The molecule has 0 heterocycles. The number of carbonyl (C=O) groups excluding carboxylic acids is 1. The van der Waals surface area contributed by atoms with Gasteiger partial charge in [0.2, 0.25) is 0 Å². The van der Waals surface area contributed by atoms with Gasteiger partial charge >= 0.3 is 6.09 Å². The molecule has 0 aliphatic heterocycles. The zero-order chi connectivity index (χ0) is 9.84. The third-order valence-electron chi connectivity index (χ3n) is 1.36. The molecule has 0 fully saturated rings. The maximum absolute atomic E-state index is 10.6. The highest BCUT2D eigenvalue weighted by atomic mass is 16.7. The average Bonchev–Trinajstić information content (AvgIpc) is 2.13. The summed E-state index contributed by atoms with van der Waals surface area (Å²) in [5.41, 5.74) is 0.0236. The van der Waals surface area contributed by atoms with Crippen LogP contribution in [0.1, 0.15) is 0 Å². The van der Waals surface area contributed by atoms with Crippen LogP contribution in [0.2, 0.25) is 0 Å². The molecule has 1 rings (SSSR count). The van der Waals surface area contributed by atoms with Crippen molar-refractivity contribution in [2.45, 2.75) is 0 Å². The Morgan fingerprint density at radius 1 is 1.46 bits per heavy atom. The number of phenols is 2. The van der Waals surface area contributed by atoms with Crippen molar-refractivity contribution in [2.75, 3.05) is 5.32 Å². The molecule has 0 aliphatic rings. The zero-order valence-electron chi connectivity index (χ0n) is 6.52. The summed E-state index contributed by atoms with van der Waals surface area (Å²) in [6.07, 6.45) is -0.930. The number of hydrogen-bond acceptors (Lipinski definition) is 5. The van der Waals surface area contributed by atoms with Crippen LogP contribution in [0.5, 0.6) is 11.5 Å². The second kappa shape index (κ2) is 3.63. The Kier molecular flexibility index (Phi) is 2.56. The predicted octanol–water partition coefficient (Wildman–Crippen LogP) is 0.520. The molecule has 1 amide bonds. The fraction of sp³-hybridized carbons (Fsp3) is 0. The van der Waals surface area contributed by atoms with Crippen LogP contribution in [0, 0.1) is 0 Å². The molecular weight excluding hydrogens is 176 g/mol. The first-order chi connectivity index (χ1) is 6.15. The number of nitrogens with one attached hydrogen (secondary N) is 1. The van der Waals surface area contributed by atoms with Gasteiger partial charge in [-0.25, -0.2) is 4.79 Å². The number of phenolic OH excluding ortho intramolecular Hbond substituents is 2. The van der Waals surface area contributed by atoms with Crippen molar-refractivity contribution in [3.8, 4) is 11.5 Å². The Morgan fingerprint density at radius 3 is 2.77 bits per heavy atom. The van der Waals surface area contributed by atoms with Gasteiger partial charge < -0.3 is 15.1 Å². The molecular formula is C7H8N2O4. The fourth-order valence-corrected chi connectivity index (χ4v) is 0.772. The largest absolute Gasteiger partial charge is 0.504 e. The van der Waals surface area contributed by atoms with E-state index in [1.165, 1.54) is 18.2 Å².